The maximum atomic E-state index is 13.0. The van der Waals surface area contributed by atoms with Gasteiger partial charge in [-0.25, -0.2) is 13.6 Å². The van der Waals surface area contributed by atoms with Crippen molar-refractivity contribution in [1.82, 2.24) is 0 Å². The van der Waals surface area contributed by atoms with E-state index in [1.54, 1.807) is 0 Å². The van der Waals surface area contributed by atoms with Gasteiger partial charge in [0.15, 0.2) is 11.6 Å². The molecule has 0 saturated heterocycles. The standard InChI is InChI=1S/C12H14F2N2O3/c13-8-5-7(12(18)19)10(6-9(8)14)16-11(17)3-1-2-4-15/h5-6H,1-4,15H2,(H,16,17)(H,18,19). The van der Waals surface area contributed by atoms with Gasteiger partial charge in [0, 0.05) is 12.5 Å². The summed E-state index contributed by atoms with van der Waals surface area (Å²) in [5, 5.41) is 11.1. The number of carbonyl (C=O) groups excluding carboxylic acids is 1. The molecule has 0 fully saturated rings. The van der Waals surface area contributed by atoms with Crippen molar-refractivity contribution in [3.8, 4) is 0 Å². The van der Waals surface area contributed by atoms with Gasteiger partial charge >= 0.3 is 5.97 Å². The van der Waals surface area contributed by atoms with Crippen LogP contribution in [0, 0.1) is 11.6 Å². The molecule has 0 atom stereocenters. The summed E-state index contributed by atoms with van der Waals surface area (Å²) < 4.78 is 26.0. The number of halogens is 2. The number of anilines is 1. The van der Waals surface area contributed by atoms with E-state index in [-0.39, 0.29) is 12.1 Å². The Labute approximate surface area is 108 Å². The molecule has 1 rings (SSSR count). The van der Waals surface area contributed by atoms with Crippen molar-refractivity contribution >= 4 is 17.6 Å². The number of amides is 1. The Hall–Kier alpha value is -2.02. The van der Waals surface area contributed by atoms with Crippen LogP contribution in [0.2, 0.25) is 0 Å². The fraction of sp³-hybridized carbons (Fsp3) is 0.333. The van der Waals surface area contributed by atoms with E-state index in [1.807, 2.05) is 0 Å². The van der Waals surface area contributed by atoms with Crippen LogP contribution in [0.3, 0.4) is 0 Å². The van der Waals surface area contributed by atoms with Gasteiger partial charge in [0.2, 0.25) is 5.91 Å². The minimum absolute atomic E-state index is 0.134. The number of benzene rings is 1. The van der Waals surface area contributed by atoms with E-state index in [2.05, 4.69) is 5.32 Å². The fourth-order valence-corrected chi connectivity index (χ4v) is 1.47. The summed E-state index contributed by atoms with van der Waals surface area (Å²) >= 11 is 0. The lowest BCUT2D eigenvalue weighted by Crippen LogP contribution is -2.15. The Kier molecular flexibility index (Phi) is 5.37. The Morgan fingerprint density at radius 2 is 1.84 bits per heavy atom. The molecule has 0 aromatic heterocycles. The molecule has 0 radical (unpaired) electrons. The van der Waals surface area contributed by atoms with Crippen LogP contribution >= 0.6 is 0 Å². The van der Waals surface area contributed by atoms with E-state index in [0.717, 1.165) is 0 Å². The molecule has 7 heteroatoms. The second-order valence-electron chi connectivity index (χ2n) is 3.91. The quantitative estimate of drug-likeness (QED) is 0.687. The van der Waals surface area contributed by atoms with Crippen LogP contribution in [0.25, 0.3) is 0 Å². The number of carboxylic acid groups (broad SMARTS) is 1. The van der Waals surface area contributed by atoms with Crippen LogP contribution < -0.4 is 11.1 Å². The van der Waals surface area contributed by atoms with Crippen LogP contribution in [0.4, 0.5) is 14.5 Å². The van der Waals surface area contributed by atoms with Crippen molar-refractivity contribution in [2.24, 2.45) is 5.73 Å². The molecular formula is C12H14F2N2O3. The molecule has 1 aromatic rings. The zero-order chi connectivity index (χ0) is 14.4. The predicted octanol–water partition coefficient (Wildman–Crippen LogP) is 1.73. The van der Waals surface area contributed by atoms with E-state index < -0.39 is 29.1 Å². The number of hydrogen-bond donors (Lipinski definition) is 3. The minimum Gasteiger partial charge on any atom is -0.478 e. The molecule has 0 saturated carbocycles. The lowest BCUT2D eigenvalue weighted by Gasteiger charge is -2.09. The largest absolute Gasteiger partial charge is 0.478 e. The highest BCUT2D eigenvalue weighted by molar-refractivity contribution is 6.00. The van der Waals surface area contributed by atoms with Crippen LogP contribution in [-0.4, -0.2) is 23.5 Å². The minimum atomic E-state index is -1.45. The molecule has 19 heavy (non-hydrogen) atoms. The number of unbranched alkanes of at least 4 members (excludes halogenated alkanes) is 1. The van der Waals surface area contributed by atoms with E-state index in [1.165, 1.54) is 0 Å². The second-order valence-corrected chi connectivity index (χ2v) is 3.91. The first-order valence-electron chi connectivity index (χ1n) is 5.68. The summed E-state index contributed by atoms with van der Waals surface area (Å²) in [5.74, 6) is -4.42. The molecule has 104 valence electrons. The smallest absolute Gasteiger partial charge is 0.337 e. The van der Waals surface area contributed by atoms with Gasteiger partial charge < -0.3 is 16.2 Å². The van der Waals surface area contributed by atoms with Crippen molar-refractivity contribution in [3.05, 3.63) is 29.3 Å². The Morgan fingerprint density at radius 3 is 2.42 bits per heavy atom. The van der Waals surface area contributed by atoms with E-state index in [4.69, 9.17) is 10.8 Å². The van der Waals surface area contributed by atoms with Crippen molar-refractivity contribution < 1.29 is 23.5 Å². The second kappa shape index (κ2) is 6.79. The lowest BCUT2D eigenvalue weighted by atomic mass is 10.1. The van der Waals surface area contributed by atoms with Crippen molar-refractivity contribution in [3.63, 3.8) is 0 Å². The van der Waals surface area contributed by atoms with Gasteiger partial charge in [-0.2, -0.15) is 0 Å². The van der Waals surface area contributed by atoms with Gasteiger partial charge in [-0.1, -0.05) is 0 Å². The first-order valence-corrected chi connectivity index (χ1v) is 5.68. The van der Waals surface area contributed by atoms with Gasteiger partial charge in [-0.05, 0) is 25.5 Å². The average Bonchev–Trinajstić information content (AvgIpc) is 2.33. The summed E-state index contributed by atoms with van der Waals surface area (Å²) in [7, 11) is 0. The van der Waals surface area contributed by atoms with Crippen molar-refractivity contribution in [2.45, 2.75) is 19.3 Å². The molecule has 0 spiro atoms. The molecule has 0 heterocycles. The zero-order valence-electron chi connectivity index (χ0n) is 10.1. The van der Waals surface area contributed by atoms with Crippen LogP contribution in [0.15, 0.2) is 12.1 Å². The van der Waals surface area contributed by atoms with Gasteiger partial charge in [-0.15, -0.1) is 0 Å². The monoisotopic (exact) mass is 272 g/mol. The highest BCUT2D eigenvalue weighted by Crippen LogP contribution is 2.20. The number of rotatable bonds is 6. The fourth-order valence-electron chi connectivity index (χ4n) is 1.47. The summed E-state index contributed by atoms with van der Waals surface area (Å²) in [6.45, 7) is 0.443. The van der Waals surface area contributed by atoms with E-state index in [0.29, 0.717) is 31.5 Å². The Morgan fingerprint density at radius 1 is 1.21 bits per heavy atom. The number of nitrogens with two attached hydrogens (primary N) is 1. The maximum Gasteiger partial charge on any atom is 0.337 e. The van der Waals surface area contributed by atoms with Gasteiger partial charge in [0.05, 0.1) is 11.3 Å². The number of hydrogen-bond acceptors (Lipinski definition) is 3. The number of nitrogens with one attached hydrogen (secondary N) is 1. The highest BCUT2D eigenvalue weighted by atomic mass is 19.2. The summed E-state index contributed by atoms with van der Waals surface area (Å²) in [6.07, 6.45) is 1.32. The summed E-state index contributed by atoms with van der Waals surface area (Å²) in [6, 6.07) is 1.19. The molecule has 0 unspecified atom stereocenters. The first kappa shape index (κ1) is 15.0. The van der Waals surface area contributed by atoms with Gasteiger partial charge in [0.25, 0.3) is 0 Å². The van der Waals surface area contributed by atoms with Gasteiger partial charge in [-0.3, -0.25) is 4.79 Å². The van der Waals surface area contributed by atoms with Crippen molar-refractivity contribution in [2.75, 3.05) is 11.9 Å². The molecule has 0 aliphatic heterocycles. The predicted molar refractivity (Wildman–Crippen MR) is 64.9 cm³/mol. The number of carbonyl (C=O) groups is 2. The van der Waals surface area contributed by atoms with Gasteiger partial charge in [0.1, 0.15) is 0 Å². The van der Waals surface area contributed by atoms with E-state index in [9.17, 15) is 18.4 Å². The SMILES string of the molecule is NCCCCC(=O)Nc1cc(F)c(F)cc1C(=O)O. The molecule has 1 amide bonds. The molecule has 1 aromatic carbocycles. The molecular weight excluding hydrogens is 258 g/mol. The highest BCUT2D eigenvalue weighted by Gasteiger charge is 2.16. The lowest BCUT2D eigenvalue weighted by molar-refractivity contribution is -0.116. The molecule has 0 bridgehead atoms. The van der Waals surface area contributed by atoms with Crippen LogP contribution in [0.5, 0.6) is 0 Å². The van der Waals surface area contributed by atoms with Crippen LogP contribution in [-0.2, 0) is 4.79 Å². The Balaban J connectivity index is 2.84. The summed E-state index contributed by atoms with van der Waals surface area (Å²) in [5.41, 5.74) is 4.51. The maximum absolute atomic E-state index is 13.0. The topological polar surface area (TPSA) is 92.4 Å². The third-order valence-electron chi connectivity index (χ3n) is 2.42. The molecule has 0 aliphatic rings. The molecule has 4 N–H and O–H groups in total. The zero-order valence-corrected chi connectivity index (χ0v) is 10.1. The third-order valence-corrected chi connectivity index (χ3v) is 2.42. The third kappa shape index (κ3) is 4.29. The van der Waals surface area contributed by atoms with Crippen molar-refractivity contribution in [1.29, 1.82) is 0 Å². The van der Waals surface area contributed by atoms with E-state index >= 15 is 0 Å². The number of aromatic carboxylic acids is 1. The number of carboxylic acids is 1. The normalized spacial score (nSPS) is 10.3. The Bertz CT molecular complexity index is 492. The molecule has 5 nitrogen and oxygen atoms in total. The summed E-state index contributed by atoms with van der Waals surface area (Å²) in [4.78, 5) is 22.4. The van der Waals surface area contributed by atoms with Crippen LogP contribution in [0.1, 0.15) is 29.6 Å². The average molecular weight is 272 g/mol. The first-order chi connectivity index (χ1) is 8.95. The molecule has 0 aliphatic carbocycles.